The van der Waals surface area contributed by atoms with E-state index >= 15 is 0 Å². The summed E-state index contributed by atoms with van der Waals surface area (Å²) in [4.78, 5) is 28.7. The molecule has 1 aliphatic carbocycles. The molecule has 1 atom stereocenters. The van der Waals surface area contributed by atoms with E-state index in [0.717, 1.165) is 56.6 Å². The number of aryl methyl sites for hydroxylation is 2. The molecular formula is C29H35ClN2O2. The van der Waals surface area contributed by atoms with Gasteiger partial charge in [-0.15, -0.1) is 0 Å². The number of piperidine rings is 2. The lowest BCUT2D eigenvalue weighted by atomic mass is 9.62. The molecule has 1 N–H and O–H groups in total. The van der Waals surface area contributed by atoms with Crippen LogP contribution in [0, 0.1) is 19.3 Å². The average molecular weight is 479 g/mol. The number of halogens is 1. The maximum Gasteiger partial charge on any atom is 0.233 e. The number of hydrogen-bond acceptors (Lipinski definition) is 2. The van der Waals surface area contributed by atoms with Gasteiger partial charge < -0.3 is 10.2 Å². The van der Waals surface area contributed by atoms with Crippen LogP contribution < -0.4 is 5.32 Å². The smallest absolute Gasteiger partial charge is 0.233 e. The minimum absolute atomic E-state index is 0.101. The van der Waals surface area contributed by atoms with Crippen LogP contribution in [0.4, 0.5) is 0 Å². The summed E-state index contributed by atoms with van der Waals surface area (Å²) in [5.41, 5.74) is 4.39. The summed E-state index contributed by atoms with van der Waals surface area (Å²) >= 11 is 6.14. The highest BCUT2D eigenvalue weighted by molar-refractivity contribution is 6.30. The fourth-order valence-electron chi connectivity index (χ4n) is 6.94. The third-order valence-electron chi connectivity index (χ3n) is 8.71. The van der Waals surface area contributed by atoms with Crippen LogP contribution in [0.2, 0.25) is 5.02 Å². The minimum Gasteiger partial charge on any atom is -0.355 e. The molecule has 1 saturated carbocycles. The van der Waals surface area contributed by atoms with Crippen molar-refractivity contribution in [2.45, 2.75) is 70.1 Å². The first-order chi connectivity index (χ1) is 16.3. The fraction of sp³-hybridized carbons (Fsp3) is 0.517. The maximum atomic E-state index is 14.1. The summed E-state index contributed by atoms with van der Waals surface area (Å²) in [6.45, 7) is 6.35. The van der Waals surface area contributed by atoms with Gasteiger partial charge in [0.25, 0.3) is 0 Å². The number of carbonyl (C=O) groups is 2. The van der Waals surface area contributed by atoms with Gasteiger partial charge in [0.05, 0.1) is 5.41 Å². The highest BCUT2D eigenvalue weighted by Crippen LogP contribution is 2.50. The van der Waals surface area contributed by atoms with Crippen LogP contribution in [0.25, 0.3) is 0 Å². The van der Waals surface area contributed by atoms with Crippen molar-refractivity contribution in [1.82, 2.24) is 10.2 Å². The molecule has 2 amide bonds. The summed E-state index contributed by atoms with van der Waals surface area (Å²) in [7, 11) is 0. The number of benzene rings is 2. The first-order valence-electron chi connectivity index (χ1n) is 12.7. The van der Waals surface area contributed by atoms with E-state index in [1.807, 2.05) is 12.1 Å². The Hall–Kier alpha value is -2.33. The zero-order chi connectivity index (χ0) is 23.9. The van der Waals surface area contributed by atoms with Crippen LogP contribution in [0.3, 0.4) is 0 Å². The van der Waals surface area contributed by atoms with Gasteiger partial charge in [-0.25, -0.2) is 0 Å². The maximum absolute atomic E-state index is 14.1. The summed E-state index contributed by atoms with van der Waals surface area (Å²) < 4.78 is 0. The number of carbonyl (C=O) groups excluding carboxylic acids is 2. The second-order valence-corrected chi connectivity index (χ2v) is 11.3. The quantitative estimate of drug-likeness (QED) is 0.616. The second-order valence-electron chi connectivity index (χ2n) is 10.9. The molecule has 0 bridgehead atoms. The van der Waals surface area contributed by atoms with Gasteiger partial charge in [0.1, 0.15) is 0 Å². The molecule has 4 nitrogen and oxygen atoms in total. The predicted molar refractivity (Wildman–Crippen MR) is 136 cm³/mol. The summed E-state index contributed by atoms with van der Waals surface area (Å²) in [6.07, 6.45) is 6.35. The van der Waals surface area contributed by atoms with Gasteiger partial charge in [0.15, 0.2) is 0 Å². The largest absolute Gasteiger partial charge is 0.355 e. The van der Waals surface area contributed by atoms with Crippen molar-refractivity contribution in [3.05, 3.63) is 69.7 Å². The van der Waals surface area contributed by atoms with Crippen molar-refractivity contribution in [2.75, 3.05) is 19.6 Å². The van der Waals surface area contributed by atoms with Crippen molar-refractivity contribution in [1.29, 1.82) is 0 Å². The molecule has 34 heavy (non-hydrogen) atoms. The van der Waals surface area contributed by atoms with Crippen LogP contribution in [-0.4, -0.2) is 36.3 Å². The molecule has 2 saturated heterocycles. The molecule has 3 aliphatic rings. The van der Waals surface area contributed by atoms with Gasteiger partial charge in [-0.05, 0) is 68.2 Å². The highest BCUT2D eigenvalue weighted by Gasteiger charge is 2.50. The first-order valence-corrected chi connectivity index (χ1v) is 13.1. The standard InChI is InChI=1S/C29H35ClN2O2/c1-20-15-21(2)17-23(16-20)29(9-3-4-10-29)27(34)32-13-11-28(12-14-32)18-26(33)31-19-25(28)22-5-7-24(30)8-6-22/h5-8,15-17,25H,3-4,9-14,18-19H2,1-2H3,(H,31,33). The molecule has 2 aromatic rings. The monoisotopic (exact) mass is 478 g/mol. The number of rotatable bonds is 3. The topological polar surface area (TPSA) is 49.4 Å². The zero-order valence-corrected chi connectivity index (χ0v) is 21.1. The molecule has 5 rings (SSSR count). The number of nitrogens with zero attached hydrogens (tertiary/aromatic N) is 1. The Kier molecular flexibility index (Phi) is 6.22. The van der Waals surface area contributed by atoms with Crippen LogP contribution >= 0.6 is 11.6 Å². The van der Waals surface area contributed by atoms with Gasteiger partial charge in [-0.1, -0.05) is 65.9 Å². The molecule has 0 radical (unpaired) electrons. The van der Waals surface area contributed by atoms with E-state index in [0.29, 0.717) is 18.9 Å². The Morgan fingerprint density at radius 3 is 2.21 bits per heavy atom. The lowest BCUT2D eigenvalue weighted by molar-refractivity contribution is -0.141. The van der Waals surface area contributed by atoms with Crippen molar-refractivity contribution >= 4 is 23.4 Å². The summed E-state index contributed by atoms with van der Waals surface area (Å²) in [6, 6.07) is 14.7. The fourth-order valence-corrected chi connectivity index (χ4v) is 7.07. The van der Waals surface area contributed by atoms with Gasteiger partial charge in [0, 0.05) is 37.0 Å². The first kappa shape index (κ1) is 23.4. The van der Waals surface area contributed by atoms with Crippen molar-refractivity contribution < 1.29 is 9.59 Å². The van der Waals surface area contributed by atoms with Gasteiger partial charge >= 0.3 is 0 Å². The number of amides is 2. The average Bonchev–Trinajstić information content (AvgIpc) is 3.31. The van der Waals surface area contributed by atoms with E-state index in [1.54, 1.807) is 0 Å². The molecule has 2 heterocycles. The van der Waals surface area contributed by atoms with Gasteiger partial charge in [-0.3, -0.25) is 9.59 Å². The van der Waals surface area contributed by atoms with Gasteiger partial charge in [0.2, 0.25) is 11.8 Å². The molecule has 1 spiro atoms. The van der Waals surface area contributed by atoms with Crippen LogP contribution in [0.5, 0.6) is 0 Å². The Morgan fingerprint density at radius 2 is 1.59 bits per heavy atom. The molecule has 5 heteroatoms. The molecular weight excluding hydrogens is 444 g/mol. The molecule has 3 fully saturated rings. The Labute approximate surface area is 208 Å². The number of likely N-dealkylation sites (tertiary alicyclic amines) is 1. The third-order valence-corrected chi connectivity index (χ3v) is 8.97. The lowest BCUT2D eigenvalue weighted by Gasteiger charge is -2.50. The second kappa shape index (κ2) is 9.03. The number of hydrogen-bond donors (Lipinski definition) is 1. The normalized spacial score (nSPS) is 23.7. The Morgan fingerprint density at radius 1 is 0.971 bits per heavy atom. The van der Waals surface area contributed by atoms with Crippen molar-refractivity contribution in [3.8, 4) is 0 Å². The molecule has 0 aromatic heterocycles. The van der Waals surface area contributed by atoms with E-state index < -0.39 is 0 Å². The molecule has 1 unspecified atom stereocenters. The van der Waals surface area contributed by atoms with Crippen LogP contribution in [-0.2, 0) is 15.0 Å². The molecule has 2 aromatic carbocycles. The highest BCUT2D eigenvalue weighted by atomic mass is 35.5. The Bertz CT molecular complexity index is 1060. The van der Waals surface area contributed by atoms with E-state index in [2.05, 4.69) is 54.4 Å². The Balaban J connectivity index is 1.39. The third kappa shape index (κ3) is 4.15. The van der Waals surface area contributed by atoms with Crippen LogP contribution in [0.1, 0.15) is 73.1 Å². The number of nitrogens with one attached hydrogen (secondary N) is 1. The van der Waals surface area contributed by atoms with E-state index in [4.69, 9.17) is 11.6 Å². The van der Waals surface area contributed by atoms with Crippen molar-refractivity contribution in [2.24, 2.45) is 5.41 Å². The van der Waals surface area contributed by atoms with Gasteiger partial charge in [-0.2, -0.15) is 0 Å². The summed E-state index contributed by atoms with van der Waals surface area (Å²) in [5.74, 6) is 0.681. The molecule has 180 valence electrons. The van der Waals surface area contributed by atoms with E-state index in [9.17, 15) is 9.59 Å². The van der Waals surface area contributed by atoms with Crippen molar-refractivity contribution in [3.63, 3.8) is 0 Å². The predicted octanol–water partition coefficient (Wildman–Crippen LogP) is 5.68. The van der Waals surface area contributed by atoms with Crippen LogP contribution in [0.15, 0.2) is 42.5 Å². The summed E-state index contributed by atoms with van der Waals surface area (Å²) in [5, 5.41) is 3.81. The minimum atomic E-state index is -0.388. The lowest BCUT2D eigenvalue weighted by Crippen LogP contribution is -2.55. The molecule has 2 aliphatic heterocycles. The SMILES string of the molecule is Cc1cc(C)cc(C2(C(=O)N3CCC4(CC3)CC(=O)NCC4c3ccc(Cl)cc3)CCCC2)c1. The zero-order valence-electron chi connectivity index (χ0n) is 20.3. The van der Waals surface area contributed by atoms with E-state index in [-0.39, 0.29) is 22.7 Å². The van der Waals surface area contributed by atoms with E-state index in [1.165, 1.54) is 22.3 Å².